The zero-order chi connectivity index (χ0) is 14.5. The minimum Gasteiger partial charge on any atom is -0.495 e. The lowest BCUT2D eigenvalue weighted by Crippen LogP contribution is -2.11. The Morgan fingerprint density at radius 2 is 2.20 bits per heavy atom. The standard InChI is InChI=1S/C16H20O4/c1-11(2)19-16-7-6-15(20-12(3)17)10-13(16)9-14-5-4-8-18-14/h4-5,8,10-11H,6-7,9H2,1-3H3. The Balaban J connectivity index is 2.22. The Morgan fingerprint density at radius 1 is 1.40 bits per heavy atom. The van der Waals surface area contributed by atoms with E-state index in [1.165, 1.54) is 6.92 Å². The van der Waals surface area contributed by atoms with Gasteiger partial charge in [0.1, 0.15) is 17.3 Å². The molecule has 0 saturated heterocycles. The summed E-state index contributed by atoms with van der Waals surface area (Å²) in [5, 5.41) is 0. The number of carbonyl (C=O) groups excluding carboxylic acids is 1. The molecule has 0 bridgehead atoms. The number of hydrogen-bond acceptors (Lipinski definition) is 4. The maximum atomic E-state index is 11.1. The smallest absolute Gasteiger partial charge is 0.307 e. The zero-order valence-corrected chi connectivity index (χ0v) is 12.1. The molecule has 4 heteroatoms. The molecule has 108 valence electrons. The molecule has 1 aliphatic rings. The molecule has 0 saturated carbocycles. The lowest BCUT2D eigenvalue weighted by atomic mass is 9.99. The van der Waals surface area contributed by atoms with Crippen molar-refractivity contribution in [2.24, 2.45) is 0 Å². The third-order valence-corrected chi connectivity index (χ3v) is 2.89. The van der Waals surface area contributed by atoms with Gasteiger partial charge in [-0.15, -0.1) is 0 Å². The van der Waals surface area contributed by atoms with E-state index in [0.29, 0.717) is 18.6 Å². The first-order chi connectivity index (χ1) is 9.54. The fourth-order valence-corrected chi connectivity index (χ4v) is 2.18. The van der Waals surface area contributed by atoms with Gasteiger partial charge in [-0.05, 0) is 32.1 Å². The van der Waals surface area contributed by atoms with Crippen LogP contribution in [-0.4, -0.2) is 12.1 Å². The first-order valence-electron chi connectivity index (χ1n) is 6.84. The molecule has 0 fully saturated rings. The van der Waals surface area contributed by atoms with Crippen LogP contribution >= 0.6 is 0 Å². The lowest BCUT2D eigenvalue weighted by molar-refractivity contribution is -0.137. The summed E-state index contributed by atoms with van der Waals surface area (Å²) in [4.78, 5) is 11.1. The molecule has 0 atom stereocenters. The molecule has 1 aromatic heterocycles. The van der Waals surface area contributed by atoms with Gasteiger partial charge < -0.3 is 13.9 Å². The van der Waals surface area contributed by atoms with Gasteiger partial charge in [0.05, 0.1) is 12.4 Å². The van der Waals surface area contributed by atoms with Crippen LogP contribution in [-0.2, 0) is 20.7 Å². The van der Waals surface area contributed by atoms with Crippen molar-refractivity contribution in [1.82, 2.24) is 0 Å². The zero-order valence-electron chi connectivity index (χ0n) is 12.1. The Hall–Kier alpha value is -1.97. The number of rotatable bonds is 5. The fourth-order valence-electron chi connectivity index (χ4n) is 2.18. The van der Waals surface area contributed by atoms with Gasteiger partial charge in [-0.1, -0.05) is 0 Å². The monoisotopic (exact) mass is 276 g/mol. The number of esters is 1. The van der Waals surface area contributed by atoms with Crippen LogP contribution in [0.5, 0.6) is 0 Å². The first kappa shape index (κ1) is 14.4. The summed E-state index contributed by atoms with van der Waals surface area (Å²) in [6.07, 6.45) is 5.74. The van der Waals surface area contributed by atoms with E-state index in [0.717, 1.165) is 23.5 Å². The van der Waals surface area contributed by atoms with Crippen LogP contribution in [0, 0.1) is 0 Å². The number of carbonyl (C=O) groups is 1. The number of allylic oxidation sites excluding steroid dienone is 4. The third-order valence-electron chi connectivity index (χ3n) is 2.89. The van der Waals surface area contributed by atoms with Crippen LogP contribution in [0.2, 0.25) is 0 Å². The van der Waals surface area contributed by atoms with E-state index in [4.69, 9.17) is 13.9 Å². The minimum absolute atomic E-state index is 0.125. The average Bonchev–Trinajstić information content (AvgIpc) is 2.84. The molecule has 0 N–H and O–H groups in total. The molecule has 1 heterocycles. The van der Waals surface area contributed by atoms with Crippen molar-refractivity contribution in [2.45, 2.75) is 46.1 Å². The molecule has 20 heavy (non-hydrogen) atoms. The highest BCUT2D eigenvalue weighted by molar-refractivity contribution is 5.67. The van der Waals surface area contributed by atoms with E-state index >= 15 is 0 Å². The van der Waals surface area contributed by atoms with Crippen molar-refractivity contribution in [2.75, 3.05) is 0 Å². The van der Waals surface area contributed by atoms with E-state index in [2.05, 4.69) is 0 Å². The van der Waals surface area contributed by atoms with Crippen molar-refractivity contribution in [3.63, 3.8) is 0 Å². The second-order valence-electron chi connectivity index (χ2n) is 5.08. The average molecular weight is 276 g/mol. The summed E-state index contributed by atoms with van der Waals surface area (Å²) in [6.45, 7) is 5.42. The van der Waals surface area contributed by atoms with Crippen molar-refractivity contribution in [3.8, 4) is 0 Å². The maximum absolute atomic E-state index is 11.1. The Labute approximate surface area is 119 Å². The molecule has 0 radical (unpaired) electrons. The molecular formula is C16H20O4. The summed E-state index contributed by atoms with van der Waals surface area (Å²) < 4.78 is 16.4. The normalized spacial score (nSPS) is 15.3. The highest BCUT2D eigenvalue weighted by Gasteiger charge is 2.18. The van der Waals surface area contributed by atoms with Gasteiger partial charge >= 0.3 is 5.97 Å². The van der Waals surface area contributed by atoms with Crippen LogP contribution in [0.25, 0.3) is 0 Å². The van der Waals surface area contributed by atoms with Gasteiger partial charge in [0.15, 0.2) is 0 Å². The van der Waals surface area contributed by atoms with E-state index < -0.39 is 0 Å². The highest BCUT2D eigenvalue weighted by atomic mass is 16.5. The van der Waals surface area contributed by atoms with Crippen molar-refractivity contribution in [3.05, 3.63) is 47.3 Å². The van der Waals surface area contributed by atoms with Crippen LogP contribution in [0.1, 0.15) is 39.4 Å². The van der Waals surface area contributed by atoms with Gasteiger partial charge in [-0.25, -0.2) is 0 Å². The quantitative estimate of drug-likeness (QED) is 0.769. The molecule has 1 aromatic rings. The van der Waals surface area contributed by atoms with Crippen LogP contribution in [0.3, 0.4) is 0 Å². The number of furan rings is 1. The number of hydrogen-bond donors (Lipinski definition) is 0. The molecule has 4 nitrogen and oxygen atoms in total. The van der Waals surface area contributed by atoms with Crippen LogP contribution in [0.15, 0.2) is 46.0 Å². The van der Waals surface area contributed by atoms with E-state index in [9.17, 15) is 4.79 Å². The third kappa shape index (κ3) is 4.02. The highest BCUT2D eigenvalue weighted by Crippen LogP contribution is 2.29. The van der Waals surface area contributed by atoms with Crippen molar-refractivity contribution in [1.29, 1.82) is 0 Å². The summed E-state index contributed by atoms with van der Waals surface area (Å²) in [5.74, 6) is 2.22. The summed E-state index contributed by atoms with van der Waals surface area (Å²) in [5.41, 5.74) is 1.01. The van der Waals surface area contributed by atoms with Gasteiger partial charge in [-0.3, -0.25) is 4.79 Å². The molecule has 0 aromatic carbocycles. The summed E-state index contributed by atoms with van der Waals surface area (Å²) in [6, 6.07) is 3.78. The van der Waals surface area contributed by atoms with Gasteiger partial charge in [0.25, 0.3) is 0 Å². The predicted molar refractivity (Wildman–Crippen MR) is 74.7 cm³/mol. The summed E-state index contributed by atoms with van der Waals surface area (Å²) in [7, 11) is 0. The van der Waals surface area contributed by atoms with Crippen molar-refractivity contribution < 1.29 is 18.7 Å². The van der Waals surface area contributed by atoms with Crippen molar-refractivity contribution >= 4 is 5.97 Å². The topological polar surface area (TPSA) is 48.7 Å². The molecule has 0 amide bonds. The summed E-state index contributed by atoms with van der Waals surface area (Å²) >= 11 is 0. The molecule has 2 rings (SSSR count). The first-order valence-corrected chi connectivity index (χ1v) is 6.84. The molecule has 0 aliphatic heterocycles. The fraction of sp³-hybridized carbons (Fsp3) is 0.438. The van der Waals surface area contributed by atoms with E-state index in [-0.39, 0.29) is 12.1 Å². The van der Waals surface area contributed by atoms with Gasteiger partial charge in [0.2, 0.25) is 0 Å². The van der Waals surface area contributed by atoms with E-state index in [1.54, 1.807) is 6.26 Å². The van der Waals surface area contributed by atoms with E-state index in [1.807, 2.05) is 32.1 Å². The Bertz CT molecular complexity index is 521. The maximum Gasteiger partial charge on any atom is 0.307 e. The van der Waals surface area contributed by atoms with Crippen LogP contribution < -0.4 is 0 Å². The second kappa shape index (κ2) is 6.46. The number of ether oxygens (including phenoxy) is 2. The predicted octanol–water partition coefficient (Wildman–Crippen LogP) is 3.74. The van der Waals surface area contributed by atoms with Crippen LogP contribution in [0.4, 0.5) is 0 Å². The second-order valence-corrected chi connectivity index (χ2v) is 5.08. The van der Waals surface area contributed by atoms with Gasteiger partial charge in [-0.2, -0.15) is 0 Å². The lowest BCUT2D eigenvalue weighted by Gasteiger charge is -2.21. The molecular weight excluding hydrogens is 256 g/mol. The molecule has 0 spiro atoms. The Morgan fingerprint density at radius 3 is 2.80 bits per heavy atom. The molecule has 1 aliphatic carbocycles. The Kier molecular flexibility index (Phi) is 4.66. The largest absolute Gasteiger partial charge is 0.495 e. The SMILES string of the molecule is CC(=O)OC1=CC(Cc2ccco2)=C(OC(C)C)CC1. The molecule has 0 unspecified atom stereocenters. The van der Waals surface area contributed by atoms with Gasteiger partial charge in [0, 0.05) is 31.8 Å². The minimum atomic E-state index is -0.290.